The smallest absolute Gasteiger partial charge is 0.0723 e. The number of rotatable bonds is 2. The summed E-state index contributed by atoms with van der Waals surface area (Å²) < 4.78 is 0. The van der Waals surface area contributed by atoms with Gasteiger partial charge in [0.25, 0.3) is 0 Å². The second kappa shape index (κ2) is 4.48. The molecule has 1 heteroatoms. The topological polar surface area (TPSA) is 20.2 Å². The van der Waals surface area contributed by atoms with Gasteiger partial charge in [-0.15, -0.1) is 0 Å². The first-order valence-electron chi connectivity index (χ1n) is 6.18. The number of hydrogen-bond acceptors (Lipinski definition) is 1. The Kier molecular flexibility index (Phi) is 3.27. The summed E-state index contributed by atoms with van der Waals surface area (Å²) >= 11 is 0. The Morgan fingerprint density at radius 1 is 1.36 bits per heavy atom. The van der Waals surface area contributed by atoms with Crippen molar-refractivity contribution in [2.45, 2.75) is 58.0 Å². The molecule has 0 spiro atoms. The van der Waals surface area contributed by atoms with Gasteiger partial charge >= 0.3 is 0 Å². The van der Waals surface area contributed by atoms with Crippen molar-refractivity contribution in [3.8, 4) is 0 Å². The van der Waals surface area contributed by atoms with Crippen LogP contribution < -0.4 is 0 Å². The maximum Gasteiger partial charge on any atom is 0.0723 e. The molecule has 2 rings (SSSR count). The maximum absolute atomic E-state index is 9.54. The number of fused-ring (bicyclic) bond motifs is 1. The molecule has 0 aromatic rings. The summed E-state index contributed by atoms with van der Waals surface area (Å²) in [6, 6.07) is 0. The molecule has 2 aliphatic carbocycles. The van der Waals surface area contributed by atoms with Crippen molar-refractivity contribution in [3.05, 3.63) is 11.6 Å². The van der Waals surface area contributed by atoms with Gasteiger partial charge in [-0.2, -0.15) is 0 Å². The number of aliphatic hydroxyl groups excluding tert-OH is 1. The van der Waals surface area contributed by atoms with Crippen LogP contribution in [0.1, 0.15) is 51.9 Å². The summed E-state index contributed by atoms with van der Waals surface area (Å²) in [4.78, 5) is 0. The summed E-state index contributed by atoms with van der Waals surface area (Å²) in [6.45, 7) is 2.29. The van der Waals surface area contributed by atoms with E-state index >= 15 is 0 Å². The van der Waals surface area contributed by atoms with Crippen molar-refractivity contribution in [2.75, 3.05) is 0 Å². The minimum Gasteiger partial charge on any atom is -0.389 e. The second-order valence-corrected chi connectivity index (χ2v) is 5.01. The van der Waals surface area contributed by atoms with Crippen molar-refractivity contribution >= 4 is 0 Å². The van der Waals surface area contributed by atoms with Crippen molar-refractivity contribution in [3.63, 3.8) is 0 Å². The zero-order valence-electron chi connectivity index (χ0n) is 9.21. The van der Waals surface area contributed by atoms with Gasteiger partial charge in [0.05, 0.1) is 6.10 Å². The molecule has 3 atom stereocenters. The monoisotopic (exact) mass is 194 g/mol. The molecule has 0 aromatic carbocycles. The summed E-state index contributed by atoms with van der Waals surface area (Å²) in [5, 5.41) is 9.54. The molecule has 0 amide bonds. The normalized spacial score (nSPS) is 37.6. The average Bonchev–Trinajstić information content (AvgIpc) is 2.19. The van der Waals surface area contributed by atoms with Crippen LogP contribution in [0.5, 0.6) is 0 Å². The predicted molar refractivity (Wildman–Crippen MR) is 59.1 cm³/mol. The average molecular weight is 194 g/mol. The molecule has 0 saturated heterocycles. The molecule has 1 nitrogen and oxygen atoms in total. The zero-order valence-corrected chi connectivity index (χ0v) is 9.21. The van der Waals surface area contributed by atoms with E-state index in [1.807, 2.05) is 0 Å². The van der Waals surface area contributed by atoms with Gasteiger partial charge in [-0.25, -0.2) is 0 Å². The first-order valence-corrected chi connectivity index (χ1v) is 6.18. The quantitative estimate of drug-likeness (QED) is 0.669. The third kappa shape index (κ3) is 2.20. The highest BCUT2D eigenvalue weighted by Gasteiger charge is 2.28. The molecular weight excluding hydrogens is 172 g/mol. The van der Waals surface area contributed by atoms with E-state index in [-0.39, 0.29) is 6.10 Å². The molecule has 1 fully saturated rings. The molecule has 80 valence electrons. The lowest BCUT2D eigenvalue weighted by Crippen LogP contribution is -2.24. The zero-order chi connectivity index (χ0) is 9.97. The molecule has 2 aliphatic rings. The Balaban J connectivity index is 1.95. The van der Waals surface area contributed by atoms with Crippen LogP contribution in [0.25, 0.3) is 0 Å². The van der Waals surface area contributed by atoms with Gasteiger partial charge in [0, 0.05) is 0 Å². The Morgan fingerprint density at radius 3 is 3.00 bits per heavy atom. The third-order valence-electron chi connectivity index (χ3n) is 3.90. The lowest BCUT2D eigenvalue weighted by atomic mass is 9.71. The Hall–Kier alpha value is -0.300. The van der Waals surface area contributed by atoms with Gasteiger partial charge in [0.15, 0.2) is 0 Å². The highest BCUT2D eigenvalue weighted by Crippen LogP contribution is 2.40. The fourth-order valence-electron chi connectivity index (χ4n) is 3.14. The SMILES string of the molecule is CCCC1CCC2=CC(O)CCC2C1. The van der Waals surface area contributed by atoms with E-state index in [0.717, 1.165) is 18.3 Å². The van der Waals surface area contributed by atoms with Crippen LogP contribution in [0.4, 0.5) is 0 Å². The molecule has 0 bridgehead atoms. The largest absolute Gasteiger partial charge is 0.389 e. The van der Waals surface area contributed by atoms with E-state index in [4.69, 9.17) is 0 Å². The second-order valence-electron chi connectivity index (χ2n) is 5.01. The Labute approximate surface area is 87.2 Å². The van der Waals surface area contributed by atoms with Crippen molar-refractivity contribution in [1.29, 1.82) is 0 Å². The number of hydrogen-bond donors (Lipinski definition) is 1. The Bertz CT molecular complexity index is 219. The summed E-state index contributed by atoms with van der Waals surface area (Å²) in [7, 11) is 0. The third-order valence-corrected chi connectivity index (χ3v) is 3.90. The van der Waals surface area contributed by atoms with Crippen LogP contribution in [0.2, 0.25) is 0 Å². The van der Waals surface area contributed by atoms with Gasteiger partial charge in [0.1, 0.15) is 0 Å². The molecule has 0 aliphatic heterocycles. The molecule has 1 saturated carbocycles. The summed E-state index contributed by atoms with van der Waals surface area (Å²) in [5.41, 5.74) is 1.57. The van der Waals surface area contributed by atoms with E-state index in [9.17, 15) is 5.11 Å². The van der Waals surface area contributed by atoms with E-state index < -0.39 is 0 Å². The molecule has 3 unspecified atom stereocenters. The first-order chi connectivity index (χ1) is 6.79. The van der Waals surface area contributed by atoms with Gasteiger partial charge in [0.2, 0.25) is 0 Å². The number of aliphatic hydroxyl groups is 1. The molecule has 0 aromatic heterocycles. The van der Waals surface area contributed by atoms with Crippen LogP contribution >= 0.6 is 0 Å². The molecule has 0 heterocycles. The minimum absolute atomic E-state index is 0.135. The van der Waals surface area contributed by atoms with Gasteiger partial charge in [-0.1, -0.05) is 31.4 Å². The molecular formula is C13H22O. The molecule has 0 radical (unpaired) electrons. The minimum atomic E-state index is -0.135. The van der Waals surface area contributed by atoms with E-state index in [2.05, 4.69) is 13.0 Å². The van der Waals surface area contributed by atoms with Crippen LogP contribution in [-0.4, -0.2) is 11.2 Å². The summed E-state index contributed by atoms with van der Waals surface area (Å²) in [5.74, 6) is 1.79. The number of allylic oxidation sites excluding steroid dienone is 1. The lowest BCUT2D eigenvalue weighted by Gasteiger charge is -2.35. The van der Waals surface area contributed by atoms with Crippen LogP contribution in [0.15, 0.2) is 11.6 Å². The highest BCUT2D eigenvalue weighted by atomic mass is 16.3. The Morgan fingerprint density at radius 2 is 2.21 bits per heavy atom. The fourth-order valence-corrected chi connectivity index (χ4v) is 3.14. The standard InChI is InChI=1S/C13H22O/c1-2-3-10-4-5-12-9-13(14)7-6-11(12)8-10/h9-11,13-14H,2-8H2,1H3. The van der Waals surface area contributed by atoms with Crippen LogP contribution in [0.3, 0.4) is 0 Å². The van der Waals surface area contributed by atoms with Gasteiger partial charge < -0.3 is 5.11 Å². The van der Waals surface area contributed by atoms with Crippen LogP contribution in [0, 0.1) is 11.8 Å². The lowest BCUT2D eigenvalue weighted by molar-refractivity contribution is 0.174. The van der Waals surface area contributed by atoms with Crippen molar-refractivity contribution < 1.29 is 5.11 Å². The van der Waals surface area contributed by atoms with E-state index in [0.29, 0.717) is 0 Å². The van der Waals surface area contributed by atoms with Crippen molar-refractivity contribution in [1.82, 2.24) is 0 Å². The van der Waals surface area contributed by atoms with Gasteiger partial charge in [-0.05, 0) is 43.9 Å². The summed E-state index contributed by atoms with van der Waals surface area (Å²) in [6.07, 6.45) is 11.0. The molecule has 14 heavy (non-hydrogen) atoms. The van der Waals surface area contributed by atoms with Gasteiger partial charge in [-0.3, -0.25) is 0 Å². The van der Waals surface area contributed by atoms with E-state index in [1.165, 1.54) is 38.5 Å². The maximum atomic E-state index is 9.54. The van der Waals surface area contributed by atoms with Crippen molar-refractivity contribution in [2.24, 2.45) is 11.8 Å². The van der Waals surface area contributed by atoms with Crippen LogP contribution in [-0.2, 0) is 0 Å². The van der Waals surface area contributed by atoms with E-state index in [1.54, 1.807) is 5.57 Å². The fraction of sp³-hybridized carbons (Fsp3) is 0.846. The predicted octanol–water partition coefficient (Wildman–Crippen LogP) is 3.28. The molecule has 1 N–H and O–H groups in total. The highest BCUT2D eigenvalue weighted by molar-refractivity contribution is 5.15. The first kappa shape index (κ1) is 10.2.